The van der Waals surface area contributed by atoms with Crippen molar-refractivity contribution in [3.05, 3.63) is 21.4 Å². The fourth-order valence-corrected chi connectivity index (χ4v) is 3.42. The highest BCUT2D eigenvalue weighted by Crippen LogP contribution is 2.33. The van der Waals surface area contributed by atoms with Gasteiger partial charge in [-0.2, -0.15) is 0 Å². The standard InChI is InChI=1S/C12H15ClN2S/c1-4-6-9-14-11(13)10-8(5-2)7(3)16-12(10)15-9/h4-6H2,1-3H3. The third-order valence-corrected chi connectivity index (χ3v) is 4.00. The summed E-state index contributed by atoms with van der Waals surface area (Å²) in [5.41, 5.74) is 1.30. The number of aromatic nitrogens is 2. The van der Waals surface area contributed by atoms with E-state index < -0.39 is 0 Å². The van der Waals surface area contributed by atoms with E-state index in [-0.39, 0.29) is 0 Å². The Labute approximate surface area is 105 Å². The average molecular weight is 255 g/mol. The van der Waals surface area contributed by atoms with Gasteiger partial charge in [0.15, 0.2) is 0 Å². The number of hydrogen-bond acceptors (Lipinski definition) is 3. The van der Waals surface area contributed by atoms with Crippen molar-refractivity contribution in [3.8, 4) is 0 Å². The number of rotatable bonds is 3. The SMILES string of the molecule is CCCc1nc(Cl)c2c(CC)c(C)sc2n1. The molecule has 0 bridgehead atoms. The molecule has 0 fully saturated rings. The zero-order valence-corrected chi connectivity index (χ0v) is 11.4. The molecule has 0 aliphatic rings. The third kappa shape index (κ3) is 1.94. The normalized spacial score (nSPS) is 11.2. The van der Waals surface area contributed by atoms with Crippen molar-refractivity contribution in [2.75, 3.05) is 0 Å². The molecular formula is C12H15ClN2S. The molecule has 0 spiro atoms. The molecule has 0 aliphatic heterocycles. The Balaban J connectivity index is 2.66. The number of nitrogens with zero attached hydrogens (tertiary/aromatic N) is 2. The van der Waals surface area contributed by atoms with Gasteiger partial charge in [0, 0.05) is 11.3 Å². The predicted octanol–water partition coefficient (Wildman–Crippen LogP) is 4.17. The average Bonchev–Trinajstić information content (AvgIpc) is 2.54. The van der Waals surface area contributed by atoms with Crippen LogP contribution in [0.2, 0.25) is 5.15 Å². The molecule has 0 N–H and O–H groups in total. The summed E-state index contributed by atoms with van der Waals surface area (Å²) in [6.45, 7) is 6.39. The van der Waals surface area contributed by atoms with Gasteiger partial charge < -0.3 is 0 Å². The molecule has 2 nitrogen and oxygen atoms in total. The fraction of sp³-hybridized carbons (Fsp3) is 0.500. The first-order valence-corrected chi connectivity index (χ1v) is 6.81. The third-order valence-electron chi connectivity index (χ3n) is 2.68. The first-order chi connectivity index (χ1) is 7.67. The summed E-state index contributed by atoms with van der Waals surface area (Å²) in [5.74, 6) is 0.865. The van der Waals surface area contributed by atoms with Crippen LogP contribution in [-0.2, 0) is 12.8 Å². The first kappa shape index (κ1) is 11.8. The summed E-state index contributed by atoms with van der Waals surface area (Å²) in [6, 6.07) is 0. The Morgan fingerprint density at radius 1 is 1.25 bits per heavy atom. The van der Waals surface area contributed by atoms with E-state index in [0.29, 0.717) is 5.15 Å². The van der Waals surface area contributed by atoms with Gasteiger partial charge in [-0.05, 0) is 25.3 Å². The van der Waals surface area contributed by atoms with E-state index in [1.165, 1.54) is 10.4 Å². The van der Waals surface area contributed by atoms with Crippen LogP contribution in [0.1, 0.15) is 36.5 Å². The summed E-state index contributed by atoms with van der Waals surface area (Å²) in [5, 5.41) is 1.68. The van der Waals surface area contributed by atoms with Gasteiger partial charge in [0.2, 0.25) is 0 Å². The van der Waals surface area contributed by atoms with Gasteiger partial charge in [0.05, 0.1) is 5.39 Å². The minimum absolute atomic E-state index is 0.620. The molecule has 2 heterocycles. The second-order valence-electron chi connectivity index (χ2n) is 3.85. The van der Waals surface area contributed by atoms with Crippen LogP contribution >= 0.6 is 22.9 Å². The highest BCUT2D eigenvalue weighted by atomic mass is 35.5. The summed E-state index contributed by atoms with van der Waals surface area (Å²) in [7, 11) is 0. The van der Waals surface area contributed by atoms with Crippen LogP contribution in [0.5, 0.6) is 0 Å². The van der Waals surface area contributed by atoms with Crippen molar-refractivity contribution in [3.63, 3.8) is 0 Å². The van der Waals surface area contributed by atoms with Gasteiger partial charge in [-0.3, -0.25) is 0 Å². The Kier molecular flexibility index (Phi) is 3.45. The molecule has 0 radical (unpaired) electrons. The van der Waals surface area contributed by atoms with Crippen LogP contribution in [0.4, 0.5) is 0 Å². The summed E-state index contributed by atoms with van der Waals surface area (Å²) in [4.78, 5) is 11.3. The number of aryl methyl sites for hydroxylation is 3. The Morgan fingerprint density at radius 2 is 2.00 bits per heavy atom. The van der Waals surface area contributed by atoms with Crippen molar-refractivity contribution in [1.29, 1.82) is 0 Å². The van der Waals surface area contributed by atoms with E-state index >= 15 is 0 Å². The monoisotopic (exact) mass is 254 g/mol. The highest BCUT2D eigenvalue weighted by Gasteiger charge is 2.14. The summed E-state index contributed by atoms with van der Waals surface area (Å²) in [6.07, 6.45) is 2.93. The Bertz CT molecular complexity index is 519. The molecule has 16 heavy (non-hydrogen) atoms. The van der Waals surface area contributed by atoms with E-state index in [1.54, 1.807) is 11.3 Å². The van der Waals surface area contributed by atoms with E-state index in [0.717, 1.165) is 35.3 Å². The molecule has 0 atom stereocenters. The molecule has 0 amide bonds. The van der Waals surface area contributed by atoms with E-state index in [1.807, 2.05) is 0 Å². The molecule has 0 unspecified atom stereocenters. The lowest BCUT2D eigenvalue weighted by Crippen LogP contribution is -1.95. The maximum atomic E-state index is 6.25. The van der Waals surface area contributed by atoms with Crippen LogP contribution in [0.15, 0.2) is 0 Å². The van der Waals surface area contributed by atoms with Crippen molar-refractivity contribution in [1.82, 2.24) is 9.97 Å². The largest absolute Gasteiger partial charge is 0.222 e. The Hall–Kier alpha value is -0.670. The second kappa shape index (κ2) is 4.68. The highest BCUT2D eigenvalue weighted by molar-refractivity contribution is 7.18. The maximum Gasteiger partial charge on any atom is 0.141 e. The van der Waals surface area contributed by atoms with Crippen molar-refractivity contribution >= 4 is 33.2 Å². The van der Waals surface area contributed by atoms with Crippen LogP contribution in [-0.4, -0.2) is 9.97 Å². The number of halogens is 1. The lowest BCUT2D eigenvalue weighted by atomic mass is 10.1. The minimum Gasteiger partial charge on any atom is -0.222 e. The molecule has 0 saturated carbocycles. The quantitative estimate of drug-likeness (QED) is 0.769. The molecule has 2 aromatic rings. The molecule has 4 heteroatoms. The van der Waals surface area contributed by atoms with Crippen molar-refractivity contribution in [2.24, 2.45) is 0 Å². The lowest BCUT2D eigenvalue weighted by Gasteiger charge is -2.01. The van der Waals surface area contributed by atoms with Gasteiger partial charge >= 0.3 is 0 Å². The Morgan fingerprint density at radius 3 is 2.62 bits per heavy atom. The molecule has 0 aliphatic carbocycles. The van der Waals surface area contributed by atoms with Crippen molar-refractivity contribution < 1.29 is 0 Å². The number of thiophene rings is 1. The van der Waals surface area contributed by atoms with Crippen LogP contribution in [0, 0.1) is 6.92 Å². The lowest BCUT2D eigenvalue weighted by molar-refractivity contribution is 0.845. The molecule has 2 rings (SSSR count). The predicted molar refractivity (Wildman–Crippen MR) is 70.5 cm³/mol. The second-order valence-corrected chi connectivity index (χ2v) is 5.41. The van der Waals surface area contributed by atoms with Gasteiger partial charge in [0.25, 0.3) is 0 Å². The van der Waals surface area contributed by atoms with Gasteiger partial charge in [-0.25, -0.2) is 9.97 Å². The van der Waals surface area contributed by atoms with E-state index in [4.69, 9.17) is 11.6 Å². The smallest absolute Gasteiger partial charge is 0.141 e. The van der Waals surface area contributed by atoms with Crippen LogP contribution in [0.25, 0.3) is 10.2 Å². The van der Waals surface area contributed by atoms with Crippen molar-refractivity contribution in [2.45, 2.75) is 40.0 Å². The van der Waals surface area contributed by atoms with E-state index in [9.17, 15) is 0 Å². The maximum absolute atomic E-state index is 6.25. The minimum atomic E-state index is 0.620. The molecule has 0 saturated heterocycles. The number of hydrogen-bond donors (Lipinski definition) is 0. The zero-order chi connectivity index (χ0) is 11.7. The molecule has 2 aromatic heterocycles. The topological polar surface area (TPSA) is 25.8 Å². The summed E-state index contributed by atoms with van der Waals surface area (Å²) < 4.78 is 0. The first-order valence-electron chi connectivity index (χ1n) is 5.61. The number of fused-ring (bicyclic) bond motifs is 1. The molecule has 86 valence electrons. The van der Waals surface area contributed by atoms with Crippen LogP contribution in [0.3, 0.4) is 0 Å². The van der Waals surface area contributed by atoms with Crippen LogP contribution < -0.4 is 0 Å². The van der Waals surface area contributed by atoms with Gasteiger partial charge in [0.1, 0.15) is 15.8 Å². The zero-order valence-electron chi connectivity index (χ0n) is 9.80. The molecular weight excluding hydrogens is 240 g/mol. The fourth-order valence-electron chi connectivity index (χ4n) is 1.93. The van der Waals surface area contributed by atoms with Gasteiger partial charge in [-0.1, -0.05) is 25.4 Å². The molecule has 0 aromatic carbocycles. The van der Waals surface area contributed by atoms with Gasteiger partial charge in [-0.15, -0.1) is 11.3 Å². The van der Waals surface area contributed by atoms with E-state index in [2.05, 4.69) is 30.7 Å². The summed E-state index contributed by atoms with van der Waals surface area (Å²) >= 11 is 7.97.